The number of nitrogens with zero attached hydrogens (tertiary/aromatic N) is 2. The van der Waals surface area contributed by atoms with Crippen LogP contribution in [0.5, 0.6) is 0 Å². The lowest BCUT2D eigenvalue weighted by atomic mass is 10.1. The predicted octanol–water partition coefficient (Wildman–Crippen LogP) is 2.29. The highest BCUT2D eigenvalue weighted by atomic mass is 19.1. The fraction of sp³-hybridized carbons (Fsp3) is 0.556. The number of piperazine rings is 1. The number of ketones is 1. The van der Waals surface area contributed by atoms with Crippen molar-refractivity contribution in [3.8, 4) is 0 Å². The molecule has 0 radical (unpaired) electrons. The molecule has 25 heavy (non-hydrogen) atoms. The first kappa shape index (κ1) is 19.2. The number of urea groups is 1. The summed E-state index contributed by atoms with van der Waals surface area (Å²) in [5, 5.41) is 2.87. The van der Waals surface area contributed by atoms with Crippen molar-refractivity contribution in [1.29, 1.82) is 0 Å². The molecule has 0 unspecified atom stereocenters. The molecule has 1 aliphatic heterocycles. The summed E-state index contributed by atoms with van der Waals surface area (Å²) in [4.78, 5) is 27.0. The number of hydrogen-bond donors (Lipinski definition) is 1. The van der Waals surface area contributed by atoms with Gasteiger partial charge in [0.2, 0.25) is 0 Å². The Bertz CT molecular complexity index is 601. The lowest BCUT2D eigenvalue weighted by Crippen LogP contribution is -2.52. The van der Waals surface area contributed by atoms with Gasteiger partial charge in [-0.1, -0.05) is 0 Å². The van der Waals surface area contributed by atoms with Gasteiger partial charge in [-0.2, -0.15) is 0 Å². The summed E-state index contributed by atoms with van der Waals surface area (Å²) in [5.74, 6) is -0.558. The van der Waals surface area contributed by atoms with Crippen LogP contribution in [0.4, 0.5) is 14.9 Å². The molecule has 1 aliphatic rings. The summed E-state index contributed by atoms with van der Waals surface area (Å²) >= 11 is 0. The van der Waals surface area contributed by atoms with Crippen LogP contribution in [0, 0.1) is 5.82 Å². The average Bonchev–Trinajstić information content (AvgIpc) is 2.61. The van der Waals surface area contributed by atoms with E-state index in [2.05, 4.69) is 5.32 Å². The van der Waals surface area contributed by atoms with Gasteiger partial charge in [0.25, 0.3) is 0 Å². The number of anilines is 1. The van der Waals surface area contributed by atoms with Gasteiger partial charge in [0.1, 0.15) is 5.82 Å². The van der Waals surface area contributed by atoms with Crippen molar-refractivity contribution < 1.29 is 18.7 Å². The van der Waals surface area contributed by atoms with Crippen molar-refractivity contribution in [2.45, 2.75) is 20.3 Å². The Balaban J connectivity index is 1.81. The number of amides is 2. The summed E-state index contributed by atoms with van der Waals surface area (Å²) < 4.78 is 19.5. The fourth-order valence-electron chi connectivity index (χ4n) is 2.76. The molecule has 0 aliphatic carbocycles. The van der Waals surface area contributed by atoms with Crippen LogP contribution < -0.4 is 10.2 Å². The van der Waals surface area contributed by atoms with E-state index in [1.807, 2.05) is 11.8 Å². The van der Waals surface area contributed by atoms with Gasteiger partial charge in [0.05, 0.1) is 5.69 Å². The Hall–Kier alpha value is -2.15. The second-order valence-corrected chi connectivity index (χ2v) is 5.98. The highest BCUT2D eigenvalue weighted by Gasteiger charge is 2.22. The molecule has 1 heterocycles. The molecule has 0 atom stereocenters. The molecule has 1 fully saturated rings. The molecule has 1 N–H and O–H groups in total. The molecule has 138 valence electrons. The first-order valence-corrected chi connectivity index (χ1v) is 8.69. The average molecular weight is 351 g/mol. The number of benzene rings is 1. The van der Waals surface area contributed by atoms with E-state index in [1.165, 1.54) is 13.0 Å². The van der Waals surface area contributed by atoms with Gasteiger partial charge in [-0.15, -0.1) is 0 Å². The van der Waals surface area contributed by atoms with Crippen molar-refractivity contribution in [1.82, 2.24) is 10.2 Å². The van der Waals surface area contributed by atoms with Crippen LogP contribution in [0.2, 0.25) is 0 Å². The van der Waals surface area contributed by atoms with Gasteiger partial charge in [-0.05, 0) is 38.5 Å². The van der Waals surface area contributed by atoms with E-state index in [4.69, 9.17) is 4.74 Å². The molecule has 7 heteroatoms. The minimum absolute atomic E-state index is 0.0939. The Kier molecular flexibility index (Phi) is 7.18. The van der Waals surface area contributed by atoms with Crippen LogP contribution in [0.3, 0.4) is 0 Å². The number of hydrogen-bond acceptors (Lipinski definition) is 4. The normalized spacial score (nSPS) is 14.5. The number of rotatable bonds is 7. The first-order valence-electron chi connectivity index (χ1n) is 8.69. The second kappa shape index (κ2) is 9.36. The Morgan fingerprint density at radius 2 is 1.96 bits per heavy atom. The van der Waals surface area contributed by atoms with E-state index in [9.17, 15) is 14.0 Å². The van der Waals surface area contributed by atoms with Crippen LogP contribution in [0.15, 0.2) is 18.2 Å². The first-order chi connectivity index (χ1) is 12.0. The zero-order chi connectivity index (χ0) is 18.2. The maximum absolute atomic E-state index is 14.2. The number of carbonyl (C=O) groups excluding carboxylic acids is 2. The van der Waals surface area contributed by atoms with Gasteiger partial charge >= 0.3 is 6.03 Å². The van der Waals surface area contributed by atoms with E-state index < -0.39 is 5.82 Å². The molecule has 0 aromatic heterocycles. The van der Waals surface area contributed by atoms with Gasteiger partial charge in [0, 0.05) is 51.5 Å². The van der Waals surface area contributed by atoms with Crippen LogP contribution in [-0.4, -0.2) is 62.7 Å². The fourth-order valence-corrected chi connectivity index (χ4v) is 2.76. The molecule has 1 saturated heterocycles. The van der Waals surface area contributed by atoms with Crippen molar-refractivity contribution in [3.63, 3.8) is 0 Å². The lowest BCUT2D eigenvalue weighted by Gasteiger charge is -2.36. The molecule has 0 bridgehead atoms. The maximum atomic E-state index is 14.2. The lowest BCUT2D eigenvalue weighted by molar-refractivity contribution is 0.101. The molecule has 2 rings (SSSR count). The Labute approximate surface area is 147 Å². The quantitative estimate of drug-likeness (QED) is 0.605. The third kappa shape index (κ3) is 5.42. The third-order valence-electron chi connectivity index (χ3n) is 4.21. The van der Waals surface area contributed by atoms with Crippen LogP contribution in [0.1, 0.15) is 30.6 Å². The standard InChI is InChI=1S/C18H26FN3O3/c1-3-25-12-4-7-20-18(24)22-10-8-21(9-11-22)17-6-5-15(14(2)23)13-16(17)19/h5-6,13H,3-4,7-12H2,1-2H3,(H,20,24). The Morgan fingerprint density at radius 3 is 2.56 bits per heavy atom. The van der Waals surface area contributed by atoms with E-state index >= 15 is 0 Å². The van der Waals surface area contributed by atoms with Gasteiger partial charge in [-0.3, -0.25) is 4.79 Å². The summed E-state index contributed by atoms with van der Waals surface area (Å²) in [7, 11) is 0. The smallest absolute Gasteiger partial charge is 0.317 e. The van der Waals surface area contributed by atoms with Crippen molar-refractivity contribution in [2.75, 3.05) is 50.8 Å². The van der Waals surface area contributed by atoms with E-state index in [0.717, 1.165) is 6.42 Å². The van der Waals surface area contributed by atoms with Crippen LogP contribution in [-0.2, 0) is 4.74 Å². The summed E-state index contributed by atoms with van der Waals surface area (Å²) in [6.07, 6.45) is 0.785. The number of nitrogens with one attached hydrogen (secondary N) is 1. The molecule has 0 saturated carbocycles. The molecule has 1 aromatic rings. The van der Waals surface area contributed by atoms with Crippen LogP contribution in [0.25, 0.3) is 0 Å². The van der Waals surface area contributed by atoms with Crippen molar-refractivity contribution >= 4 is 17.5 Å². The Morgan fingerprint density at radius 1 is 1.24 bits per heavy atom. The highest BCUT2D eigenvalue weighted by Crippen LogP contribution is 2.22. The molecular formula is C18H26FN3O3. The summed E-state index contributed by atoms with van der Waals surface area (Å²) in [5.41, 5.74) is 0.841. The van der Waals surface area contributed by atoms with Gasteiger partial charge < -0.3 is 19.9 Å². The maximum Gasteiger partial charge on any atom is 0.317 e. The topological polar surface area (TPSA) is 61.9 Å². The van der Waals surface area contributed by atoms with Crippen LogP contribution >= 0.6 is 0 Å². The zero-order valence-electron chi connectivity index (χ0n) is 14.9. The summed E-state index contributed by atoms with van der Waals surface area (Å²) in [6.45, 7) is 7.44. The number of carbonyl (C=O) groups is 2. The molecule has 1 aromatic carbocycles. The molecule has 2 amide bonds. The van der Waals surface area contributed by atoms with E-state index in [1.54, 1.807) is 17.0 Å². The number of halogens is 1. The SMILES string of the molecule is CCOCCCNC(=O)N1CCN(c2ccc(C(C)=O)cc2F)CC1. The molecule has 6 nitrogen and oxygen atoms in total. The van der Waals surface area contributed by atoms with Gasteiger partial charge in [0.15, 0.2) is 5.78 Å². The minimum atomic E-state index is -0.401. The van der Waals surface area contributed by atoms with E-state index in [-0.39, 0.29) is 11.8 Å². The largest absolute Gasteiger partial charge is 0.382 e. The van der Waals surface area contributed by atoms with Crippen molar-refractivity contribution in [2.24, 2.45) is 0 Å². The highest BCUT2D eigenvalue weighted by molar-refractivity contribution is 5.94. The molecular weight excluding hydrogens is 325 g/mol. The third-order valence-corrected chi connectivity index (χ3v) is 4.21. The van der Waals surface area contributed by atoms with Crippen molar-refractivity contribution in [3.05, 3.63) is 29.6 Å². The van der Waals surface area contributed by atoms with Gasteiger partial charge in [-0.25, -0.2) is 9.18 Å². The number of Topliss-reactive ketones (excluding diaryl/α,β-unsaturated/α-hetero) is 1. The minimum Gasteiger partial charge on any atom is -0.382 e. The van der Waals surface area contributed by atoms with E-state index in [0.29, 0.717) is 57.2 Å². The number of ether oxygens (including phenoxy) is 1. The predicted molar refractivity (Wildman–Crippen MR) is 94.7 cm³/mol. The second-order valence-electron chi connectivity index (χ2n) is 5.98. The monoisotopic (exact) mass is 351 g/mol. The summed E-state index contributed by atoms with van der Waals surface area (Å²) in [6, 6.07) is 4.45. The molecule has 0 spiro atoms. The zero-order valence-corrected chi connectivity index (χ0v) is 14.9.